The van der Waals surface area contributed by atoms with Crippen molar-refractivity contribution in [2.45, 2.75) is 36.7 Å². The van der Waals surface area contributed by atoms with E-state index in [1.165, 1.54) is 3.97 Å². The fourth-order valence-corrected chi connectivity index (χ4v) is 5.97. The lowest BCUT2D eigenvalue weighted by Gasteiger charge is -2.20. The van der Waals surface area contributed by atoms with Crippen LogP contribution < -0.4 is 4.74 Å². The van der Waals surface area contributed by atoms with Crippen molar-refractivity contribution in [2.75, 3.05) is 7.11 Å². The Kier molecular flexibility index (Phi) is 5.20. The van der Waals surface area contributed by atoms with Crippen LogP contribution in [0.3, 0.4) is 0 Å². The van der Waals surface area contributed by atoms with Gasteiger partial charge in [-0.3, -0.25) is 0 Å². The van der Waals surface area contributed by atoms with Crippen molar-refractivity contribution in [2.24, 2.45) is 0 Å². The number of aliphatic hydroxyl groups excluding tert-OH is 1. The number of ether oxygens (including phenoxy) is 1. The van der Waals surface area contributed by atoms with Crippen LogP contribution in [-0.4, -0.2) is 32.7 Å². The summed E-state index contributed by atoms with van der Waals surface area (Å²) < 4.78 is 32.9. The third-order valence-electron chi connectivity index (χ3n) is 4.47. The zero-order valence-corrected chi connectivity index (χ0v) is 17.8. The lowest BCUT2D eigenvalue weighted by Crippen LogP contribution is -2.22. The maximum atomic E-state index is 13.2. The van der Waals surface area contributed by atoms with E-state index in [9.17, 15) is 13.5 Å². The van der Waals surface area contributed by atoms with Crippen molar-refractivity contribution in [3.05, 3.63) is 60.3 Å². The minimum atomic E-state index is -3.77. The number of nitrogens with zero attached hydrogens (tertiary/aromatic N) is 1. The Morgan fingerprint density at radius 3 is 2.37 bits per heavy atom. The van der Waals surface area contributed by atoms with E-state index < -0.39 is 24.2 Å². The summed E-state index contributed by atoms with van der Waals surface area (Å²) in [6, 6.07) is 14.2. The average Bonchev–Trinajstić information content (AvgIpc) is 3.00. The molecule has 0 aliphatic heterocycles. The summed E-state index contributed by atoms with van der Waals surface area (Å²) in [5, 5.41) is 11.5. The standard InChI is InChI=1S/C20H25NO4SSi/c1-25-15-10-11-19-17(12-15)18(20(22)14-27(2,3)4)13-21(19)26(23,24)16-8-6-5-7-9-16/h5-13,20,22H,14H2,1-4H3. The third-order valence-corrected chi connectivity index (χ3v) is 7.77. The summed E-state index contributed by atoms with van der Waals surface area (Å²) in [5.74, 6) is 0.624. The first-order valence-electron chi connectivity index (χ1n) is 8.81. The molecule has 144 valence electrons. The molecule has 0 saturated heterocycles. The van der Waals surface area contributed by atoms with Gasteiger partial charge in [0.05, 0.1) is 23.6 Å². The van der Waals surface area contributed by atoms with E-state index in [2.05, 4.69) is 19.6 Å². The molecule has 3 aromatic rings. The molecule has 7 heteroatoms. The molecular weight excluding hydrogens is 378 g/mol. The van der Waals surface area contributed by atoms with Crippen LogP contribution in [0.15, 0.2) is 59.6 Å². The number of methoxy groups -OCH3 is 1. The number of aromatic nitrogens is 1. The van der Waals surface area contributed by atoms with Crippen LogP contribution in [0.4, 0.5) is 0 Å². The normalized spacial score (nSPS) is 13.7. The summed E-state index contributed by atoms with van der Waals surface area (Å²) in [5.41, 5.74) is 1.15. The molecule has 3 rings (SSSR count). The van der Waals surface area contributed by atoms with Gasteiger partial charge >= 0.3 is 0 Å². The summed E-state index contributed by atoms with van der Waals surface area (Å²) in [4.78, 5) is 0.212. The molecule has 0 bridgehead atoms. The molecule has 1 unspecified atom stereocenters. The molecule has 0 fully saturated rings. The van der Waals surface area contributed by atoms with Gasteiger partial charge in [0.2, 0.25) is 0 Å². The van der Waals surface area contributed by atoms with Crippen molar-refractivity contribution in [1.29, 1.82) is 0 Å². The first-order valence-corrected chi connectivity index (χ1v) is 14.0. The predicted octanol–water partition coefficient (Wildman–Crippen LogP) is 4.26. The van der Waals surface area contributed by atoms with Gasteiger partial charge in [-0.1, -0.05) is 37.8 Å². The quantitative estimate of drug-likeness (QED) is 0.625. The van der Waals surface area contributed by atoms with Gasteiger partial charge in [-0.2, -0.15) is 0 Å². The SMILES string of the molecule is COc1ccc2c(c1)c(C(O)C[Si](C)(C)C)cn2S(=O)(=O)c1ccccc1. The molecule has 1 aromatic heterocycles. The molecule has 0 aliphatic rings. The number of hydrogen-bond acceptors (Lipinski definition) is 4. The fraction of sp³-hybridized carbons (Fsp3) is 0.300. The van der Waals surface area contributed by atoms with Gasteiger partial charge in [0.1, 0.15) is 5.75 Å². The Balaban J connectivity index is 2.23. The molecule has 0 aliphatic carbocycles. The fourth-order valence-electron chi connectivity index (χ4n) is 3.19. The number of hydrogen-bond donors (Lipinski definition) is 1. The first kappa shape index (κ1) is 19.7. The zero-order valence-electron chi connectivity index (χ0n) is 16.0. The second kappa shape index (κ2) is 7.14. The van der Waals surface area contributed by atoms with E-state index >= 15 is 0 Å². The van der Waals surface area contributed by atoms with E-state index in [0.29, 0.717) is 28.3 Å². The highest BCUT2D eigenvalue weighted by Gasteiger charge is 2.27. The molecule has 0 spiro atoms. The van der Waals surface area contributed by atoms with Gasteiger partial charge in [-0.25, -0.2) is 12.4 Å². The van der Waals surface area contributed by atoms with Crippen LogP contribution in [0.5, 0.6) is 5.75 Å². The Bertz CT molecular complexity index is 1050. The third kappa shape index (κ3) is 3.95. The number of fused-ring (bicyclic) bond motifs is 1. The smallest absolute Gasteiger partial charge is 0.268 e. The number of benzene rings is 2. The van der Waals surface area contributed by atoms with Crippen LogP contribution in [-0.2, 0) is 10.0 Å². The molecule has 2 aromatic carbocycles. The highest BCUT2D eigenvalue weighted by Crippen LogP contribution is 2.35. The largest absolute Gasteiger partial charge is 0.497 e. The van der Waals surface area contributed by atoms with Crippen LogP contribution in [0.1, 0.15) is 11.7 Å². The van der Waals surface area contributed by atoms with Gasteiger partial charge < -0.3 is 9.84 Å². The van der Waals surface area contributed by atoms with E-state index in [1.54, 1.807) is 61.8 Å². The Morgan fingerprint density at radius 2 is 1.78 bits per heavy atom. The molecule has 27 heavy (non-hydrogen) atoms. The molecule has 0 amide bonds. The molecule has 1 atom stereocenters. The van der Waals surface area contributed by atoms with Crippen molar-refractivity contribution in [3.63, 3.8) is 0 Å². The maximum absolute atomic E-state index is 13.2. The van der Waals surface area contributed by atoms with Gasteiger partial charge in [0.15, 0.2) is 0 Å². The second-order valence-electron chi connectivity index (χ2n) is 7.86. The molecule has 1 heterocycles. The Morgan fingerprint density at radius 1 is 1.11 bits per heavy atom. The zero-order chi connectivity index (χ0) is 19.8. The summed E-state index contributed by atoms with van der Waals surface area (Å²) in [6.07, 6.45) is 0.829. The van der Waals surface area contributed by atoms with Crippen molar-refractivity contribution in [3.8, 4) is 5.75 Å². The van der Waals surface area contributed by atoms with Crippen LogP contribution >= 0.6 is 0 Å². The minimum Gasteiger partial charge on any atom is -0.497 e. The topological polar surface area (TPSA) is 68.5 Å². The molecule has 0 radical (unpaired) electrons. The first-order chi connectivity index (χ1) is 12.6. The van der Waals surface area contributed by atoms with Crippen molar-refractivity contribution < 1.29 is 18.3 Å². The molecule has 1 N–H and O–H groups in total. The van der Waals surface area contributed by atoms with Crippen LogP contribution in [0, 0.1) is 0 Å². The van der Waals surface area contributed by atoms with Gasteiger partial charge in [-0.15, -0.1) is 0 Å². The minimum absolute atomic E-state index is 0.212. The molecular formula is C20H25NO4SSi. The van der Waals surface area contributed by atoms with Crippen molar-refractivity contribution >= 4 is 29.0 Å². The van der Waals surface area contributed by atoms with E-state index in [0.717, 1.165) is 0 Å². The van der Waals surface area contributed by atoms with Crippen molar-refractivity contribution in [1.82, 2.24) is 3.97 Å². The molecule has 5 nitrogen and oxygen atoms in total. The van der Waals surface area contributed by atoms with Crippen LogP contribution in [0.2, 0.25) is 25.7 Å². The number of aliphatic hydroxyl groups is 1. The van der Waals surface area contributed by atoms with Crippen LogP contribution in [0.25, 0.3) is 10.9 Å². The average molecular weight is 404 g/mol. The lowest BCUT2D eigenvalue weighted by atomic mass is 10.1. The predicted molar refractivity (Wildman–Crippen MR) is 111 cm³/mol. The van der Waals surface area contributed by atoms with E-state index in [-0.39, 0.29) is 4.90 Å². The lowest BCUT2D eigenvalue weighted by molar-refractivity contribution is 0.199. The van der Waals surface area contributed by atoms with E-state index in [1.807, 2.05) is 0 Å². The van der Waals surface area contributed by atoms with E-state index in [4.69, 9.17) is 4.74 Å². The van der Waals surface area contributed by atoms with Gasteiger partial charge in [0.25, 0.3) is 10.0 Å². The Hall–Kier alpha value is -2.09. The van der Waals surface area contributed by atoms with Gasteiger partial charge in [0, 0.05) is 25.2 Å². The highest BCUT2D eigenvalue weighted by molar-refractivity contribution is 7.90. The molecule has 0 saturated carbocycles. The summed E-state index contributed by atoms with van der Waals surface area (Å²) in [6.45, 7) is 6.53. The Labute approximate surface area is 161 Å². The number of rotatable bonds is 6. The highest BCUT2D eigenvalue weighted by atomic mass is 32.2. The van der Waals surface area contributed by atoms with Gasteiger partial charge in [-0.05, 0) is 36.4 Å². The summed E-state index contributed by atoms with van der Waals surface area (Å²) in [7, 11) is -3.75. The monoisotopic (exact) mass is 403 g/mol. The summed E-state index contributed by atoms with van der Waals surface area (Å²) >= 11 is 0. The second-order valence-corrected chi connectivity index (χ2v) is 15.2. The maximum Gasteiger partial charge on any atom is 0.268 e.